The molecule has 0 fully saturated rings. The fourth-order valence-corrected chi connectivity index (χ4v) is 1.45. The summed E-state index contributed by atoms with van der Waals surface area (Å²) in [5.74, 6) is 0.482. The Kier molecular flexibility index (Phi) is 5.07. The number of ether oxygens (including phenoxy) is 1. The molecule has 0 aromatic carbocycles. The fourth-order valence-electron chi connectivity index (χ4n) is 1.32. The Bertz CT molecular complexity index is 417. The maximum absolute atomic E-state index is 12.6. The Hall–Kier alpha value is -0.950. The molecule has 0 bridgehead atoms. The second kappa shape index (κ2) is 6.11. The minimum Gasteiger partial charge on any atom is -0.379 e. The number of nitrogens with zero attached hydrogens (tertiary/aromatic N) is 1. The first-order valence-electron chi connectivity index (χ1n) is 4.92. The molecule has 0 N–H and O–H groups in total. The molecular formula is C10H12F3NO2S. The van der Waals surface area contributed by atoms with E-state index >= 15 is 0 Å². The number of halogens is 3. The summed E-state index contributed by atoms with van der Waals surface area (Å²) in [6.45, 7) is 0.266. The van der Waals surface area contributed by atoms with E-state index in [-0.39, 0.29) is 13.2 Å². The molecule has 1 rings (SSSR count). The Morgan fingerprint density at radius 1 is 1.29 bits per heavy atom. The molecule has 1 heterocycles. The van der Waals surface area contributed by atoms with E-state index in [0.29, 0.717) is 16.9 Å². The first-order valence-corrected chi connectivity index (χ1v) is 5.55. The third-order valence-corrected chi connectivity index (χ3v) is 2.22. The maximum Gasteiger partial charge on any atom is 0.431 e. The van der Waals surface area contributed by atoms with Gasteiger partial charge in [0.25, 0.3) is 5.56 Å². The molecule has 17 heavy (non-hydrogen) atoms. The minimum absolute atomic E-state index is 0.0492. The Labute approximate surface area is 102 Å². The quantitative estimate of drug-likeness (QED) is 0.651. The van der Waals surface area contributed by atoms with Crippen LogP contribution in [0, 0.1) is 0 Å². The van der Waals surface area contributed by atoms with Crippen LogP contribution >= 0.6 is 12.6 Å². The monoisotopic (exact) mass is 267 g/mol. The van der Waals surface area contributed by atoms with Crippen molar-refractivity contribution in [2.45, 2.75) is 12.7 Å². The van der Waals surface area contributed by atoms with Crippen molar-refractivity contribution >= 4 is 12.6 Å². The van der Waals surface area contributed by atoms with Crippen LogP contribution in [0.4, 0.5) is 13.2 Å². The predicted molar refractivity (Wildman–Crippen MR) is 60.4 cm³/mol. The van der Waals surface area contributed by atoms with Crippen molar-refractivity contribution in [2.24, 2.45) is 0 Å². The van der Waals surface area contributed by atoms with Gasteiger partial charge in [-0.2, -0.15) is 25.8 Å². The van der Waals surface area contributed by atoms with Gasteiger partial charge in [0, 0.05) is 18.4 Å². The Morgan fingerprint density at radius 3 is 2.59 bits per heavy atom. The van der Waals surface area contributed by atoms with E-state index in [2.05, 4.69) is 12.6 Å². The molecule has 0 unspecified atom stereocenters. The van der Waals surface area contributed by atoms with E-state index in [9.17, 15) is 18.0 Å². The molecule has 0 aliphatic heterocycles. The smallest absolute Gasteiger partial charge is 0.379 e. The summed E-state index contributed by atoms with van der Waals surface area (Å²) >= 11 is 3.89. The van der Waals surface area contributed by atoms with Crippen molar-refractivity contribution in [1.82, 2.24) is 4.57 Å². The summed E-state index contributed by atoms with van der Waals surface area (Å²) < 4.78 is 43.4. The summed E-state index contributed by atoms with van der Waals surface area (Å²) in [6.07, 6.45) is -4.54. The molecule has 0 radical (unpaired) electrons. The lowest BCUT2D eigenvalue weighted by Crippen LogP contribution is -2.28. The summed E-state index contributed by atoms with van der Waals surface area (Å²) in [7, 11) is 0. The maximum atomic E-state index is 12.6. The van der Waals surface area contributed by atoms with Crippen LogP contribution in [0.2, 0.25) is 0 Å². The van der Waals surface area contributed by atoms with E-state index in [0.717, 1.165) is 18.2 Å². The fraction of sp³-hybridized carbons (Fsp3) is 0.500. The van der Waals surface area contributed by atoms with Gasteiger partial charge in [0.05, 0.1) is 13.2 Å². The zero-order valence-electron chi connectivity index (χ0n) is 8.91. The van der Waals surface area contributed by atoms with E-state index in [1.165, 1.54) is 0 Å². The number of hydrogen-bond acceptors (Lipinski definition) is 3. The van der Waals surface area contributed by atoms with Crippen LogP contribution in [0.3, 0.4) is 0 Å². The van der Waals surface area contributed by atoms with E-state index in [1.807, 2.05) is 0 Å². The number of thiol groups is 1. The van der Waals surface area contributed by atoms with Crippen LogP contribution in [0.1, 0.15) is 5.69 Å². The van der Waals surface area contributed by atoms with Crippen LogP contribution in [0.5, 0.6) is 0 Å². The number of aromatic nitrogens is 1. The second-order valence-electron chi connectivity index (χ2n) is 3.23. The van der Waals surface area contributed by atoms with Crippen molar-refractivity contribution in [3.05, 3.63) is 34.2 Å². The first-order chi connectivity index (χ1) is 7.96. The van der Waals surface area contributed by atoms with Crippen molar-refractivity contribution in [3.63, 3.8) is 0 Å². The van der Waals surface area contributed by atoms with Gasteiger partial charge < -0.3 is 9.30 Å². The highest BCUT2D eigenvalue weighted by molar-refractivity contribution is 7.80. The summed E-state index contributed by atoms with van der Waals surface area (Å²) in [4.78, 5) is 11.3. The molecule has 0 aliphatic carbocycles. The van der Waals surface area contributed by atoms with Gasteiger partial charge in [-0.1, -0.05) is 6.07 Å². The molecule has 3 nitrogen and oxygen atoms in total. The summed E-state index contributed by atoms with van der Waals surface area (Å²) in [6, 6.07) is 3.06. The number of alkyl halides is 3. The third-order valence-electron chi connectivity index (χ3n) is 2.04. The van der Waals surface area contributed by atoms with Crippen LogP contribution in [0.25, 0.3) is 0 Å². The average molecular weight is 267 g/mol. The van der Waals surface area contributed by atoms with Gasteiger partial charge in [0.15, 0.2) is 0 Å². The normalized spacial score (nSPS) is 11.8. The standard InChI is InChI=1S/C10H12F3NO2S/c11-10(12,13)8-2-1-3-9(15)14(8)4-5-16-6-7-17/h1-3,17H,4-7H2. The first kappa shape index (κ1) is 14.1. The van der Waals surface area contributed by atoms with Crippen molar-refractivity contribution in [1.29, 1.82) is 0 Å². The molecule has 1 aromatic heterocycles. The minimum atomic E-state index is -4.54. The topological polar surface area (TPSA) is 31.2 Å². The van der Waals surface area contributed by atoms with Gasteiger partial charge in [-0.3, -0.25) is 4.79 Å². The van der Waals surface area contributed by atoms with Gasteiger partial charge >= 0.3 is 6.18 Å². The van der Waals surface area contributed by atoms with Crippen molar-refractivity contribution < 1.29 is 17.9 Å². The average Bonchev–Trinajstić information content (AvgIpc) is 2.24. The largest absolute Gasteiger partial charge is 0.431 e. The lowest BCUT2D eigenvalue weighted by molar-refractivity contribution is -0.144. The van der Waals surface area contributed by atoms with Crippen molar-refractivity contribution in [2.75, 3.05) is 19.0 Å². The van der Waals surface area contributed by atoms with Gasteiger partial charge in [-0.05, 0) is 6.07 Å². The second-order valence-corrected chi connectivity index (χ2v) is 3.68. The van der Waals surface area contributed by atoms with Crippen LogP contribution in [0.15, 0.2) is 23.0 Å². The number of rotatable bonds is 5. The lowest BCUT2D eigenvalue weighted by atomic mass is 10.3. The van der Waals surface area contributed by atoms with Gasteiger partial charge in [-0.25, -0.2) is 0 Å². The molecule has 1 aromatic rings. The highest BCUT2D eigenvalue weighted by Crippen LogP contribution is 2.27. The van der Waals surface area contributed by atoms with Crippen molar-refractivity contribution in [3.8, 4) is 0 Å². The van der Waals surface area contributed by atoms with Crippen LogP contribution < -0.4 is 5.56 Å². The molecular weight excluding hydrogens is 255 g/mol. The molecule has 96 valence electrons. The SMILES string of the molecule is O=c1cccc(C(F)(F)F)n1CCOCCS. The van der Waals surface area contributed by atoms with Crippen LogP contribution in [-0.4, -0.2) is 23.5 Å². The highest BCUT2D eigenvalue weighted by atomic mass is 32.1. The summed E-state index contributed by atoms with van der Waals surface area (Å²) in [5, 5.41) is 0. The molecule has 0 spiro atoms. The van der Waals surface area contributed by atoms with Crippen LogP contribution in [-0.2, 0) is 17.5 Å². The van der Waals surface area contributed by atoms with Gasteiger partial charge in [0.1, 0.15) is 5.69 Å². The van der Waals surface area contributed by atoms with E-state index < -0.39 is 17.4 Å². The van der Waals surface area contributed by atoms with E-state index in [1.54, 1.807) is 0 Å². The molecule has 0 atom stereocenters. The van der Waals surface area contributed by atoms with Gasteiger partial charge in [-0.15, -0.1) is 0 Å². The highest BCUT2D eigenvalue weighted by Gasteiger charge is 2.33. The summed E-state index contributed by atoms with van der Waals surface area (Å²) in [5.41, 5.74) is -1.64. The lowest BCUT2D eigenvalue weighted by Gasteiger charge is -2.14. The predicted octanol–water partition coefficient (Wildman–Crippen LogP) is 1.81. The third kappa shape index (κ3) is 4.08. The molecule has 0 saturated heterocycles. The van der Waals surface area contributed by atoms with Gasteiger partial charge in [0.2, 0.25) is 0 Å². The Balaban J connectivity index is 2.86. The molecule has 0 amide bonds. The number of pyridine rings is 1. The number of hydrogen-bond donors (Lipinski definition) is 1. The Morgan fingerprint density at radius 2 is 2.00 bits per heavy atom. The molecule has 0 saturated carbocycles. The zero-order valence-corrected chi connectivity index (χ0v) is 9.80. The van der Waals surface area contributed by atoms with E-state index in [4.69, 9.17) is 4.74 Å². The molecule has 7 heteroatoms. The molecule has 0 aliphatic rings. The zero-order chi connectivity index (χ0) is 12.9.